The third-order valence-corrected chi connectivity index (χ3v) is 5.08. The molecule has 3 rings (SSSR count). The fourth-order valence-electron chi connectivity index (χ4n) is 3.54. The number of ether oxygens (including phenoxy) is 1. The maximum absolute atomic E-state index is 12.4. The predicted molar refractivity (Wildman–Crippen MR) is 106 cm³/mol. The van der Waals surface area contributed by atoms with E-state index < -0.39 is 0 Å². The summed E-state index contributed by atoms with van der Waals surface area (Å²) in [6, 6.07) is 16.3. The lowest BCUT2D eigenvalue weighted by Crippen LogP contribution is -2.29. The molecule has 0 aromatic heterocycles. The summed E-state index contributed by atoms with van der Waals surface area (Å²) >= 11 is 0. The highest BCUT2D eigenvalue weighted by Crippen LogP contribution is 2.32. The molecule has 0 spiro atoms. The Balaban J connectivity index is 1.37. The van der Waals surface area contributed by atoms with Gasteiger partial charge in [-0.2, -0.15) is 0 Å². The second kappa shape index (κ2) is 9.36. The van der Waals surface area contributed by atoms with E-state index in [0.29, 0.717) is 19.4 Å². The van der Waals surface area contributed by atoms with E-state index in [9.17, 15) is 9.59 Å². The quantitative estimate of drug-likeness (QED) is 0.601. The number of amides is 1. The summed E-state index contributed by atoms with van der Waals surface area (Å²) in [4.78, 5) is 24.4. The van der Waals surface area contributed by atoms with Crippen LogP contribution < -0.4 is 5.32 Å². The third kappa shape index (κ3) is 5.43. The fraction of sp³-hybridized carbons (Fsp3) is 0.391. The minimum absolute atomic E-state index is 0.0189. The first-order chi connectivity index (χ1) is 13.1. The topological polar surface area (TPSA) is 55.4 Å². The van der Waals surface area contributed by atoms with Gasteiger partial charge in [-0.3, -0.25) is 9.59 Å². The Bertz CT molecular complexity index is 782. The van der Waals surface area contributed by atoms with Gasteiger partial charge in [0.15, 0.2) is 0 Å². The number of nitrogens with one attached hydrogen (secondary N) is 1. The van der Waals surface area contributed by atoms with Crippen molar-refractivity contribution < 1.29 is 14.3 Å². The molecule has 2 aromatic rings. The van der Waals surface area contributed by atoms with Crippen molar-refractivity contribution in [2.45, 2.75) is 44.9 Å². The van der Waals surface area contributed by atoms with Crippen LogP contribution in [-0.2, 0) is 27.2 Å². The lowest BCUT2D eigenvalue weighted by Gasteiger charge is -2.23. The van der Waals surface area contributed by atoms with E-state index in [1.54, 1.807) is 0 Å². The van der Waals surface area contributed by atoms with E-state index in [4.69, 9.17) is 4.74 Å². The van der Waals surface area contributed by atoms with E-state index in [-0.39, 0.29) is 24.4 Å². The number of esters is 1. The number of fused-ring (bicyclic) bond motifs is 1. The standard InChI is InChI=1S/C23H27NO3/c1-17-9-11-18(12-10-17)13-14-22(25)24-15-16-27-23(26)21-8-4-6-19-5-2-3-7-20(19)21/h2-3,5,7,9-12,21H,4,6,8,13-16H2,1H3,(H,24,25). The van der Waals surface area contributed by atoms with Crippen LogP contribution in [0.25, 0.3) is 0 Å². The Morgan fingerprint density at radius 1 is 1.11 bits per heavy atom. The summed E-state index contributed by atoms with van der Waals surface area (Å²) in [5, 5.41) is 2.83. The van der Waals surface area contributed by atoms with Crippen molar-refractivity contribution in [1.82, 2.24) is 5.32 Å². The van der Waals surface area contributed by atoms with Gasteiger partial charge >= 0.3 is 5.97 Å². The minimum Gasteiger partial charge on any atom is -0.463 e. The van der Waals surface area contributed by atoms with Gasteiger partial charge in [-0.1, -0.05) is 54.1 Å². The van der Waals surface area contributed by atoms with E-state index >= 15 is 0 Å². The number of benzene rings is 2. The molecule has 1 N–H and O–H groups in total. The average molecular weight is 365 g/mol. The second-order valence-corrected chi connectivity index (χ2v) is 7.15. The average Bonchev–Trinajstić information content (AvgIpc) is 2.70. The van der Waals surface area contributed by atoms with Gasteiger partial charge in [0.25, 0.3) is 0 Å². The van der Waals surface area contributed by atoms with Crippen LogP contribution in [0.3, 0.4) is 0 Å². The molecular weight excluding hydrogens is 338 g/mol. The number of carbonyl (C=O) groups is 2. The molecule has 0 radical (unpaired) electrons. The Morgan fingerprint density at radius 2 is 1.89 bits per heavy atom. The molecule has 1 aliphatic carbocycles. The monoisotopic (exact) mass is 365 g/mol. The maximum atomic E-state index is 12.4. The van der Waals surface area contributed by atoms with Crippen molar-refractivity contribution in [3.63, 3.8) is 0 Å². The molecule has 142 valence electrons. The zero-order valence-electron chi connectivity index (χ0n) is 15.9. The lowest BCUT2D eigenvalue weighted by atomic mass is 9.83. The van der Waals surface area contributed by atoms with Gasteiger partial charge in [-0.05, 0) is 49.3 Å². The molecule has 1 atom stereocenters. The molecule has 1 amide bonds. The first-order valence-electron chi connectivity index (χ1n) is 9.70. The van der Waals surface area contributed by atoms with Crippen molar-refractivity contribution in [1.29, 1.82) is 0 Å². The Hall–Kier alpha value is -2.62. The number of hydrogen-bond donors (Lipinski definition) is 1. The molecule has 27 heavy (non-hydrogen) atoms. The third-order valence-electron chi connectivity index (χ3n) is 5.08. The van der Waals surface area contributed by atoms with Crippen molar-refractivity contribution in [2.75, 3.05) is 13.2 Å². The van der Waals surface area contributed by atoms with Crippen LogP contribution in [0.4, 0.5) is 0 Å². The van der Waals surface area contributed by atoms with Crippen molar-refractivity contribution in [2.24, 2.45) is 0 Å². The van der Waals surface area contributed by atoms with Crippen LogP contribution in [0.5, 0.6) is 0 Å². The summed E-state index contributed by atoms with van der Waals surface area (Å²) in [5.41, 5.74) is 4.70. The maximum Gasteiger partial charge on any atom is 0.313 e. The Kier molecular flexibility index (Phi) is 6.64. The molecule has 0 heterocycles. The zero-order valence-corrected chi connectivity index (χ0v) is 15.9. The van der Waals surface area contributed by atoms with Crippen molar-refractivity contribution >= 4 is 11.9 Å². The van der Waals surface area contributed by atoms with Gasteiger partial charge in [0, 0.05) is 6.42 Å². The normalized spacial score (nSPS) is 15.7. The molecule has 0 saturated carbocycles. The molecule has 4 nitrogen and oxygen atoms in total. The van der Waals surface area contributed by atoms with Crippen molar-refractivity contribution in [3.05, 3.63) is 70.8 Å². The SMILES string of the molecule is Cc1ccc(CCC(=O)NCCOC(=O)C2CCCc3ccccc32)cc1. The molecule has 0 saturated heterocycles. The van der Waals surface area contributed by atoms with E-state index in [2.05, 4.69) is 23.5 Å². The predicted octanol–water partition coefficient (Wildman–Crippen LogP) is 3.71. The Labute approximate surface area is 160 Å². The molecule has 4 heteroatoms. The second-order valence-electron chi connectivity index (χ2n) is 7.15. The summed E-state index contributed by atoms with van der Waals surface area (Å²) in [5.74, 6) is -0.377. The zero-order chi connectivity index (χ0) is 19.1. The van der Waals surface area contributed by atoms with Gasteiger partial charge in [-0.15, -0.1) is 0 Å². The van der Waals surface area contributed by atoms with Gasteiger partial charge in [0.1, 0.15) is 6.61 Å². The van der Waals surface area contributed by atoms with Gasteiger partial charge in [0.2, 0.25) is 5.91 Å². The summed E-state index contributed by atoms with van der Waals surface area (Å²) < 4.78 is 5.41. The van der Waals surface area contributed by atoms with Gasteiger partial charge < -0.3 is 10.1 Å². The smallest absolute Gasteiger partial charge is 0.313 e. The highest BCUT2D eigenvalue weighted by atomic mass is 16.5. The largest absolute Gasteiger partial charge is 0.463 e. The molecule has 1 unspecified atom stereocenters. The first-order valence-corrected chi connectivity index (χ1v) is 9.70. The molecule has 0 fully saturated rings. The first kappa shape index (κ1) is 19.2. The van der Waals surface area contributed by atoms with Crippen LogP contribution >= 0.6 is 0 Å². The summed E-state index contributed by atoms with van der Waals surface area (Å²) in [7, 11) is 0. The van der Waals surface area contributed by atoms with Gasteiger partial charge in [-0.25, -0.2) is 0 Å². The lowest BCUT2D eigenvalue weighted by molar-refractivity contribution is -0.146. The van der Waals surface area contributed by atoms with E-state index in [1.165, 1.54) is 11.1 Å². The van der Waals surface area contributed by atoms with Gasteiger partial charge in [0.05, 0.1) is 12.5 Å². The number of carbonyl (C=O) groups excluding carboxylic acids is 2. The van der Waals surface area contributed by atoms with E-state index in [0.717, 1.165) is 30.4 Å². The summed E-state index contributed by atoms with van der Waals surface area (Å²) in [6.07, 6.45) is 4.01. The Morgan fingerprint density at radius 3 is 2.70 bits per heavy atom. The minimum atomic E-state index is -0.184. The van der Waals surface area contributed by atoms with E-state index in [1.807, 2.05) is 37.3 Å². The molecule has 0 bridgehead atoms. The number of rotatable bonds is 7. The molecular formula is C23H27NO3. The van der Waals surface area contributed by atoms with Crippen LogP contribution in [0.1, 0.15) is 47.4 Å². The van der Waals surface area contributed by atoms with Crippen LogP contribution in [0.2, 0.25) is 0 Å². The van der Waals surface area contributed by atoms with Crippen molar-refractivity contribution in [3.8, 4) is 0 Å². The van der Waals surface area contributed by atoms with Crippen LogP contribution in [0.15, 0.2) is 48.5 Å². The summed E-state index contributed by atoms with van der Waals surface area (Å²) in [6.45, 7) is 2.62. The molecule has 2 aromatic carbocycles. The highest BCUT2D eigenvalue weighted by Gasteiger charge is 2.27. The number of hydrogen-bond acceptors (Lipinski definition) is 3. The highest BCUT2D eigenvalue weighted by molar-refractivity contribution is 5.79. The van der Waals surface area contributed by atoms with Crippen LogP contribution in [-0.4, -0.2) is 25.0 Å². The molecule has 1 aliphatic rings. The molecule has 0 aliphatic heterocycles. The van der Waals surface area contributed by atoms with Crippen LogP contribution in [0, 0.1) is 6.92 Å². The number of aryl methyl sites for hydroxylation is 3. The fourth-order valence-corrected chi connectivity index (χ4v) is 3.54.